The van der Waals surface area contributed by atoms with Gasteiger partial charge in [0.05, 0.1) is 36.2 Å². The lowest BCUT2D eigenvalue weighted by Crippen LogP contribution is -2.49. The maximum Gasteiger partial charge on any atom is 0.256 e. The van der Waals surface area contributed by atoms with Crippen LogP contribution in [0.1, 0.15) is 28.5 Å². The van der Waals surface area contributed by atoms with Gasteiger partial charge in [-0.05, 0) is 12.5 Å². The van der Waals surface area contributed by atoms with Crippen LogP contribution < -0.4 is 0 Å². The molecule has 1 saturated heterocycles. The summed E-state index contributed by atoms with van der Waals surface area (Å²) in [5.74, 6) is 0.0717. The predicted molar refractivity (Wildman–Crippen MR) is 91.1 cm³/mol. The number of fused-ring (bicyclic) bond motifs is 4. The average Bonchev–Trinajstić information content (AvgIpc) is 3.26. The van der Waals surface area contributed by atoms with E-state index in [1.54, 1.807) is 6.20 Å². The number of piperidine rings is 1. The lowest BCUT2D eigenvalue weighted by Gasteiger charge is -2.40. The Kier molecular flexibility index (Phi) is 3.18. The Bertz CT molecular complexity index is 959. The number of aromatic nitrogens is 4. The van der Waals surface area contributed by atoms with Crippen molar-refractivity contribution in [2.45, 2.75) is 25.2 Å². The van der Waals surface area contributed by atoms with E-state index in [9.17, 15) is 4.79 Å². The Morgan fingerprint density at radius 3 is 3.12 bits per heavy atom. The molecule has 2 aromatic heterocycles. The maximum absolute atomic E-state index is 13.2. The number of likely N-dealkylation sites (tertiary alicyclic amines) is 1. The lowest BCUT2D eigenvalue weighted by atomic mass is 9.99. The van der Waals surface area contributed by atoms with Gasteiger partial charge in [-0.25, -0.2) is 4.68 Å². The molecule has 1 fully saturated rings. The first-order chi connectivity index (χ1) is 12.2. The molecule has 1 aromatic carbocycles. The number of para-hydroxylation sites is 1. The van der Waals surface area contributed by atoms with Gasteiger partial charge in [0.2, 0.25) is 0 Å². The molecule has 128 valence electrons. The van der Waals surface area contributed by atoms with Crippen molar-refractivity contribution in [2.24, 2.45) is 7.05 Å². The van der Waals surface area contributed by atoms with Gasteiger partial charge in [0.15, 0.2) is 0 Å². The number of hydrogen-bond donors (Lipinski definition) is 0. The molecule has 2 atom stereocenters. The fraction of sp³-hybridized carbons (Fsp3) is 0.389. The van der Waals surface area contributed by atoms with Crippen molar-refractivity contribution in [2.75, 3.05) is 13.1 Å². The minimum absolute atomic E-state index is 0.0407. The summed E-state index contributed by atoms with van der Waals surface area (Å²) < 4.78 is 9.87. The molecule has 7 nitrogen and oxygen atoms in total. The zero-order valence-corrected chi connectivity index (χ0v) is 14.0. The summed E-state index contributed by atoms with van der Waals surface area (Å²) >= 11 is 0. The molecule has 3 aromatic rings. The minimum atomic E-state index is 0.0407. The SMILES string of the molecule is Cn1cc(C(=O)N2CC[C@@H]3OCc4cnnn4[C@@H]3C2)c2ccccc21. The molecule has 0 bridgehead atoms. The summed E-state index contributed by atoms with van der Waals surface area (Å²) in [6.45, 7) is 1.85. The number of nitrogens with zero attached hydrogens (tertiary/aromatic N) is 5. The molecule has 25 heavy (non-hydrogen) atoms. The summed E-state index contributed by atoms with van der Waals surface area (Å²) in [6, 6.07) is 8.05. The summed E-state index contributed by atoms with van der Waals surface area (Å²) in [4.78, 5) is 15.1. The van der Waals surface area contributed by atoms with Gasteiger partial charge in [-0.1, -0.05) is 23.4 Å². The highest BCUT2D eigenvalue weighted by molar-refractivity contribution is 6.07. The van der Waals surface area contributed by atoms with E-state index in [0.29, 0.717) is 19.7 Å². The van der Waals surface area contributed by atoms with Gasteiger partial charge in [0, 0.05) is 37.2 Å². The van der Waals surface area contributed by atoms with E-state index >= 15 is 0 Å². The van der Waals surface area contributed by atoms with Crippen LogP contribution in [0, 0.1) is 0 Å². The summed E-state index contributed by atoms with van der Waals surface area (Å²) in [5.41, 5.74) is 2.80. The van der Waals surface area contributed by atoms with Crippen molar-refractivity contribution in [3.63, 3.8) is 0 Å². The van der Waals surface area contributed by atoms with Crippen LogP contribution in [0.4, 0.5) is 0 Å². The van der Waals surface area contributed by atoms with E-state index in [2.05, 4.69) is 10.3 Å². The third-order valence-corrected chi connectivity index (χ3v) is 5.34. The molecule has 0 spiro atoms. The molecule has 0 radical (unpaired) electrons. The number of benzene rings is 1. The Labute approximate surface area is 144 Å². The number of amides is 1. The number of hydrogen-bond acceptors (Lipinski definition) is 4. The van der Waals surface area contributed by atoms with Crippen LogP contribution in [0.5, 0.6) is 0 Å². The van der Waals surface area contributed by atoms with Gasteiger partial charge < -0.3 is 14.2 Å². The highest BCUT2D eigenvalue weighted by Crippen LogP contribution is 2.31. The number of carbonyl (C=O) groups is 1. The fourth-order valence-electron chi connectivity index (χ4n) is 4.05. The molecule has 1 amide bonds. The normalized spacial score (nSPS) is 22.7. The van der Waals surface area contributed by atoms with E-state index in [-0.39, 0.29) is 18.1 Å². The molecule has 2 aliphatic rings. The Hall–Kier alpha value is -2.67. The molecule has 0 N–H and O–H groups in total. The predicted octanol–water partition coefficient (Wildman–Crippen LogP) is 1.76. The minimum Gasteiger partial charge on any atom is -0.370 e. The highest BCUT2D eigenvalue weighted by atomic mass is 16.5. The molecular weight excluding hydrogens is 318 g/mol. The monoisotopic (exact) mass is 337 g/mol. The van der Waals surface area contributed by atoms with Gasteiger partial charge in [0.1, 0.15) is 0 Å². The first kappa shape index (κ1) is 14.7. The Morgan fingerprint density at radius 2 is 2.20 bits per heavy atom. The van der Waals surface area contributed by atoms with Crippen LogP contribution in [0.2, 0.25) is 0 Å². The second kappa shape index (κ2) is 5.42. The van der Waals surface area contributed by atoms with Crippen LogP contribution in [0.15, 0.2) is 36.7 Å². The topological polar surface area (TPSA) is 65.2 Å². The highest BCUT2D eigenvalue weighted by Gasteiger charge is 2.38. The smallest absolute Gasteiger partial charge is 0.256 e. The van der Waals surface area contributed by atoms with Gasteiger partial charge in [-0.15, -0.1) is 5.10 Å². The average molecular weight is 337 g/mol. The van der Waals surface area contributed by atoms with E-state index in [1.165, 1.54) is 0 Å². The van der Waals surface area contributed by atoms with Crippen molar-refractivity contribution in [1.82, 2.24) is 24.5 Å². The molecule has 7 heteroatoms. The molecular formula is C18H19N5O2. The van der Waals surface area contributed by atoms with Gasteiger partial charge >= 0.3 is 0 Å². The van der Waals surface area contributed by atoms with E-state index in [1.807, 2.05) is 51.7 Å². The third-order valence-electron chi connectivity index (χ3n) is 5.34. The largest absolute Gasteiger partial charge is 0.370 e. The van der Waals surface area contributed by atoms with Crippen molar-refractivity contribution in [1.29, 1.82) is 0 Å². The van der Waals surface area contributed by atoms with E-state index < -0.39 is 0 Å². The van der Waals surface area contributed by atoms with Crippen LogP contribution in [0.3, 0.4) is 0 Å². The third kappa shape index (κ3) is 2.19. The van der Waals surface area contributed by atoms with Crippen molar-refractivity contribution in [3.8, 4) is 0 Å². The number of rotatable bonds is 1. The fourth-order valence-corrected chi connectivity index (χ4v) is 4.05. The molecule has 0 unspecified atom stereocenters. The van der Waals surface area contributed by atoms with Crippen molar-refractivity contribution in [3.05, 3.63) is 47.9 Å². The standard InChI is InChI=1S/C18H19N5O2/c1-21-9-14(13-4-2-3-5-15(13)21)18(24)22-7-6-17-16(10-22)23-12(11-25-17)8-19-20-23/h2-5,8-9,16-17H,6-7,10-11H2,1H3/t16-,17+/m1/s1. The maximum atomic E-state index is 13.2. The molecule has 0 aliphatic carbocycles. The van der Waals surface area contributed by atoms with E-state index in [0.717, 1.165) is 28.6 Å². The number of aryl methyl sites for hydroxylation is 1. The second-order valence-corrected chi connectivity index (χ2v) is 6.80. The van der Waals surface area contributed by atoms with Gasteiger partial charge in [-0.3, -0.25) is 4.79 Å². The van der Waals surface area contributed by atoms with Gasteiger partial charge in [-0.2, -0.15) is 0 Å². The number of carbonyl (C=O) groups excluding carboxylic acids is 1. The molecule has 4 heterocycles. The Balaban J connectivity index is 1.47. The van der Waals surface area contributed by atoms with Crippen molar-refractivity contribution >= 4 is 16.8 Å². The van der Waals surface area contributed by atoms with Crippen LogP contribution in [-0.4, -0.2) is 49.6 Å². The zero-order valence-electron chi connectivity index (χ0n) is 14.0. The first-order valence-corrected chi connectivity index (χ1v) is 8.56. The zero-order chi connectivity index (χ0) is 17.0. The van der Waals surface area contributed by atoms with Crippen LogP contribution in [-0.2, 0) is 18.4 Å². The van der Waals surface area contributed by atoms with Crippen LogP contribution in [0.25, 0.3) is 10.9 Å². The molecule has 5 rings (SSSR count). The first-order valence-electron chi connectivity index (χ1n) is 8.56. The lowest BCUT2D eigenvalue weighted by molar-refractivity contribution is -0.0604. The number of ether oxygens (including phenoxy) is 1. The second-order valence-electron chi connectivity index (χ2n) is 6.80. The van der Waals surface area contributed by atoms with Gasteiger partial charge in [0.25, 0.3) is 5.91 Å². The van der Waals surface area contributed by atoms with E-state index in [4.69, 9.17) is 4.74 Å². The van der Waals surface area contributed by atoms with Crippen molar-refractivity contribution < 1.29 is 9.53 Å². The summed E-state index contributed by atoms with van der Waals surface area (Å²) in [7, 11) is 1.97. The molecule has 2 aliphatic heterocycles. The quantitative estimate of drug-likeness (QED) is 0.679. The summed E-state index contributed by atoms with van der Waals surface area (Å²) in [6.07, 6.45) is 4.59. The summed E-state index contributed by atoms with van der Waals surface area (Å²) in [5, 5.41) is 9.20. The Morgan fingerprint density at radius 1 is 1.32 bits per heavy atom. The molecule has 0 saturated carbocycles. The van der Waals surface area contributed by atoms with Crippen LogP contribution >= 0.6 is 0 Å².